The quantitative estimate of drug-likeness (QED) is 0.908. The van der Waals surface area contributed by atoms with Gasteiger partial charge in [-0.3, -0.25) is 0 Å². The number of aliphatic imine (C=N–C) groups is 1. The van der Waals surface area contributed by atoms with E-state index in [1.165, 1.54) is 7.11 Å². The zero-order valence-electron chi connectivity index (χ0n) is 11.6. The second-order valence-electron chi connectivity index (χ2n) is 4.79. The molecule has 2 N–H and O–H groups in total. The number of ether oxygens (including phenoxy) is 1. The van der Waals surface area contributed by atoms with Crippen LogP contribution < -0.4 is 10.5 Å². The molecule has 2 amide bonds. The number of amidine groups is 1. The van der Waals surface area contributed by atoms with E-state index in [-0.39, 0.29) is 17.9 Å². The number of nitriles is 1. The summed E-state index contributed by atoms with van der Waals surface area (Å²) in [6.45, 7) is 3.79. The zero-order valence-corrected chi connectivity index (χ0v) is 11.6. The van der Waals surface area contributed by atoms with Crippen molar-refractivity contribution >= 4 is 11.9 Å². The van der Waals surface area contributed by atoms with Crippen molar-refractivity contribution in [3.8, 4) is 11.8 Å². The Labute approximate surface area is 117 Å². The number of hydrogen-bond acceptors (Lipinski definition) is 4. The molecule has 0 saturated carbocycles. The van der Waals surface area contributed by atoms with Crippen LogP contribution in [0.2, 0.25) is 0 Å². The molecule has 1 aliphatic heterocycles. The van der Waals surface area contributed by atoms with Crippen molar-refractivity contribution in [2.75, 3.05) is 7.11 Å². The first-order valence-electron chi connectivity index (χ1n) is 6.24. The Morgan fingerprint density at radius 3 is 2.75 bits per heavy atom. The lowest BCUT2D eigenvalue weighted by atomic mass is 10.0. The Kier molecular flexibility index (Phi) is 3.61. The maximum absolute atomic E-state index is 11.9. The highest BCUT2D eigenvalue weighted by Crippen LogP contribution is 2.31. The molecule has 1 aromatic carbocycles. The van der Waals surface area contributed by atoms with Gasteiger partial charge in [0.15, 0.2) is 0 Å². The largest absolute Gasteiger partial charge is 0.495 e. The average molecular weight is 272 g/mol. The molecule has 104 valence electrons. The van der Waals surface area contributed by atoms with Crippen LogP contribution in [0.5, 0.6) is 5.75 Å². The summed E-state index contributed by atoms with van der Waals surface area (Å²) in [4.78, 5) is 17.3. The maximum atomic E-state index is 11.9. The number of carbonyl (C=O) groups excluding carboxylic acids is 1. The van der Waals surface area contributed by atoms with E-state index in [1.54, 1.807) is 23.1 Å². The summed E-state index contributed by atoms with van der Waals surface area (Å²) in [5, 5.41) is 9.14. The van der Waals surface area contributed by atoms with E-state index in [2.05, 4.69) is 11.1 Å². The molecule has 0 saturated heterocycles. The average Bonchev–Trinajstić information content (AvgIpc) is 2.72. The van der Waals surface area contributed by atoms with Crippen molar-refractivity contribution < 1.29 is 9.53 Å². The van der Waals surface area contributed by atoms with Gasteiger partial charge in [-0.1, -0.05) is 6.07 Å². The number of hydrogen-bond donors (Lipinski definition) is 1. The van der Waals surface area contributed by atoms with E-state index in [4.69, 9.17) is 15.7 Å². The predicted octanol–water partition coefficient (Wildman–Crippen LogP) is 1.81. The first-order chi connectivity index (χ1) is 9.49. The van der Waals surface area contributed by atoms with Gasteiger partial charge in [0, 0.05) is 6.04 Å². The third kappa shape index (κ3) is 2.18. The van der Waals surface area contributed by atoms with Gasteiger partial charge in [-0.25, -0.2) is 4.79 Å². The van der Waals surface area contributed by atoms with Crippen molar-refractivity contribution in [1.82, 2.24) is 4.90 Å². The molecule has 20 heavy (non-hydrogen) atoms. The Hall–Kier alpha value is -2.55. The SMILES string of the molecule is COc1ccc(C2C(N)=NC(=O)N2C(C)C)cc1C#N. The van der Waals surface area contributed by atoms with Gasteiger partial charge in [-0.05, 0) is 31.5 Å². The summed E-state index contributed by atoms with van der Waals surface area (Å²) in [7, 11) is 1.51. The number of urea groups is 1. The summed E-state index contributed by atoms with van der Waals surface area (Å²) in [5.74, 6) is 0.741. The molecule has 2 rings (SSSR count). The number of nitrogens with two attached hydrogens (primary N) is 1. The molecule has 0 spiro atoms. The maximum Gasteiger partial charge on any atom is 0.346 e. The first kappa shape index (κ1) is 13.9. The number of amides is 2. The van der Waals surface area contributed by atoms with Gasteiger partial charge in [-0.2, -0.15) is 10.3 Å². The van der Waals surface area contributed by atoms with Crippen LogP contribution >= 0.6 is 0 Å². The molecule has 0 aliphatic carbocycles. The number of carbonyl (C=O) groups is 1. The van der Waals surface area contributed by atoms with Gasteiger partial charge in [-0.15, -0.1) is 0 Å². The van der Waals surface area contributed by atoms with Crippen LogP contribution in [0.25, 0.3) is 0 Å². The van der Waals surface area contributed by atoms with Crippen molar-refractivity contribution in [2.24, 2.45) is 10.7 Å². The van der Waals surface area contributed by atoms with Crippen LogP contribution in [-0.2, 0) is 0 Å². The standard InChI is InChI=1S/C14H16N4O2/c1-8(2)18-12(13(16)17-14(18)19)9-4-5-11(20-3)10(6-9)7-15/h4-6,8,12H,1-3H3,(H2,16,17,19). The number of methoxy groups -OCH3 is 1. The van der Waals surface area contributed by atoms with Crippen LogP contribution in [0, 0.1) is 11.3 Å². The Morgan fingerprint density at radius 2 is 2.20 bits per heavy atom. The lowest BCUT2D eigenvalue weighted by molar-refractivity contribution is 0.190. The number of nitrogens with zero attached hydrogens (tertiary/aromatic N) is 3. The summed E-state index contributed by atoms with van der Waals surface area (Å²) in [6.07, 6.45) is 0. The predicted molar refractivity (Wildman–Crippen MR) is 74.4 cm³/mol. The van der Waals surface area contributed by atoms with Gasteiger partial charge < -0.3 is 15.4 Å². The van der Waals surface area contributed by atoms with E-state index in [9.17, 15) is 4.79 Å². The van der Waals surface area contributed by atoms with E-state index in [0.717, 1.165) is 5.56 Å². The monoisotopic (exact) mass is 272 g/mol. The molecule has 1 heterocycles. The molecular formula is C14H16N4O2. The summed E-state index contributed by atoms with van der Waals surface area (Å²) in [5.41, 5.74) is 7.02. The molecular weight excluding hydrogens is 256 g/mol. The van der Waals surface area contributed by atoms with Gasteiger partial charge >= 0.3 is 6.03 Å². The molecule has 6 nitrogen and oxygen atoms in total. The minimum absolute atomic E-state index is 0.0371. The molecule has 6 heteroatoms. The minimum Gasteiger partial charge on any atom is -0.495 e. The van der Waals surface area contributed by atoms with Gasteiger partial charge in [0.05, 0.1) is 12.7 Å². The van der Waals surface area contributed by atoms with Crippen LogP contribution in [0.3, 0.4) is 0 Å². The normalized spacial score (nSPS) is 18.1. The fourth-order valence-electron chi connectivity index (χ4n) is 2.32. The lowest BCUT2D eigenvalue weighted by Crippen LogP contribution is -2.38. The number of benzene rings is 1. The summed E-state index contributed by atoms with van der Waals surface area (Å²) >= 11 is 0. The van der Waals surface area contributed by atoms with Crippen LogP contribution in [0.4, 0.5) is 4.79 Å². The number of rotatable bonds is 3. The molecule has 0 bridgehead atoms. The molecule has 1 aromatic rings. The fraction of sp³-hybridized carbons (Fsp3) is 0.357. The van der Waals surface area contributed by atoms with Crippen molar-refractivity contribution in [3.05, 3.63) is 29.3 Å². The second kappa shape index (κ2) is 5.21. The van der Waals surface area contributed by atoms with Gasteiger partial charge in [0.2, 0.25) is 0 Å². The third-order valence-electron chi connectivity index (χ3n) is 3.22. The van der Waals surface area contributed by atoms with Crippen molar-refractivity contribution in [3.63, 3.8) is 0 Å². The molecule has 0 fully saturated rings. The van der Waals surface area contributed by atoms with Crippen LogP contribution in [-0.4, -0.2) is 29.9 Å². The van der Waals surface area contributed by atoms with E-state index in [0.29, 0.717) is 11.3 Å². The highest BCUT2D eigenvalue weighted by atomic mass is 16.5. The van der Waals surface area contributed by atoms with Gasteiger partial charge in [0.1, 0.15) is 23.7 Å². The highest BCUT2D eigenvalue weighted by molar-refractivity contribution is 6.03. The summed E-state index contributed by atoms with van der Waals surface area (Å²) < 4.78 is 5.11. The Balaban J connectivity index is 2.47. The first-order valence-corrected chi connectivity index (χ1v) is 6.24. The topological polar surface area (TPSA) is 91.7 Å². The molecule has 1 atom stereocenters. The zero-order chi connectivity index (χ0) is 14.9. The van der Waals surface area contributed by atoms with E-state index in [1.807, 2.05) is 13.8 Å². The second-order valence-corrected chi connectivity index (χ2v) is 4.79. The molecule has 0 aromatic heterocycles. The lowest BCUT2D eigenvalue weighted by Gasteiger charge is -2.28. The van der Waals surface area contributed by atoms with Crippen molar-refractivity contribution in [2.45, 2.75) is 25.9 Å². The molecule has 1 unspecified atom stereocenters. The fourth-order valence-corrected chi connectivity index (χ4v) is 2.32. The third-order valence-corrected chi connectivity index (χ3v) is 3.22. The molecule has 0 radical (unpaired) electrons. The highest BCUT2D eigenvalue weighted by Gasteiger charge is 2.36. The Bertz CT molecular complexity index is 616. The Morgan fingerprint density at radius 1 is 1.50 bits per heavy atom. The van der Waals surface area contributed by atoms with Crippen LogP contribution in [0.1, 0.15) is 31.0 Å². The minimum atomic E-state index is -0.430. The molecule has 1 aliphatic rings. The van der Waals surface area contributed by atoms with E-state index < -0.39 is 6.04 Å². The van der Waals surface area contributed by atoms with E-state index >= 15 is 0 Å². The summed E-state index contributed by atoms with van der Waals surface area (Å²) in [6, 6.07) is 6.42. The van der Waals surface area contributed by atoms with Crippen molar-refractivity contribution in [1.29, 1.82) is 5.26 Å². The smallest absolute Gasteiger partial charge is 0.346 e. The van der Waals surface area contributed by atoms with Gasteiger partial charge in [0.25, 0.3) is 0 Å². The van der Waals surface area contributed by atoms with Crippen LogP contribution in [0.15, 0.2) is 23.2 Å².